The van der Waals surface area contributed by atoms with Crippen LogP contribution < -0.4 is 4.89 Å². The lowest BCUT2D eigenvalue weighted by Crippen LogP contribution is -2.37. The molecule has 562 valence electrons. The average molecular weight is 1380 g/mol. The second kappa shape index (κ2) is 77.1. The zero-order valence-electron chi connectivity index (χ0n) is 64.2. The van der Waals surface area contributed by atoms with Gasteiger partial charge in [-0.3, -0.25) is 14.2 Å². The number of ether oxygens (including phenoxy) is 2. The zero-order chi connectivity index (χ0) is 71.1. The largest absolute Gasteiger partial charge is 0.756 e. The number of carbonyl (C=O) groups is 2. The Kier molecular flexibility index (Phi) is 73.8. The number of rotatable bonds is 74. The van der Waals surface area contributed by atoms with Crippen LogP contribution in [0.2, 0.25) is 0 Å². The molecule has 0 radical (unpaired) electrons. The first-order valence-electron chi connectivity index (χ1n) is 40.5. The van der Waals surface area contributed by atoms with Crippen LogP contribution >= 0.6 is 7.82 Å². The molecular weight excluding hydrogens is 1230 g/mol. The van der Waals surface area contributed by atoms with Crippen molar-refractivity contribution in [2.45, 2.75) is 354 Å². The van der Waals surface area contributed by atoms with E-state index in [1.54, 1.807) is 0 Å². The zero-order valence-corrected chi connectivity index (χ0v) is 65.1. The maximum atomic E-state index is 12.9. The molecule has 0 bridgehead atoms. The number of nitrogens with zero attached hydrogens (tertiary/aromatic N) is 1. The molecule has 0 N–H and O–H groups in total. The van der Waals surface area contributed by atoms with Crippen LogP contribution in [0.3, 0.4) is 0 Å². The molecule has 0 aromatic rings. The fraction of sp³-hybridized carbons (Fsp3) is 0.705. The Labute approximate surface area is 605 Å². The molecule has 2 unspecified atom stereocenters. The van der Waals surface area contributed by atoms with Crippen molar-refractivity contribution in [3.8, 4) is 0 Å². The molecule has 2 atom stereocenters. The third kappa shape index (κ3) is 80.9. The van der Waals surface area contributed by atoms with Gasteiger partial charge < -0.3 is 27.9 Å². The van der Waals surface area contributed by atoms with Crippen LogP contribution in [0.5, 0.6) is 0 Å². The second-order valence-electron chi connectivity index (χ2n) is 28.0. The van der Waals surface area contributed by atoms with Crippen molar-refractivity contribution >= 4 is 19.8 Å². The number of hydrogen-bond acceptors (Lipinski definition) is 8. The van der Waals surface area contributed by atoms with Crippen LogP contribution in [0.4, 0.5) is 0 Å². The number of quaternary nitrogens is 1. The summed E-state index contributed by atoms with van der Waals surface area (Å²) in [6.07, 6.45) is 114. The Bertz CT molecular complexity index is 2170. The average Bonchev–Trinajstić information content (AvgIpc) is 1.23. The molecule has 0 heterocycles. The SMILES string of the molecule is CC/C=C\C/C=C\C/C=C\C/C=C\C/C=C\C/C=C\C/C=C\C/C=C\C/C=C\C/C=C\CCCCCCCCCCC(=O)OC(COC(=O)CCCCCCCCCCCCCCCCCCCCCCCCC/C=C\C/C=C\CCCCCCC)COP(=O)([O-])OCC[N+](C)(C)C. The van der Waals surface area contributed by atoms with Gasteiger partial charge in [0.15, 0.2) is 6.10 Å². The molecule has 0 rings (SSSR count). The Morgan fingerprint density at radius 3 is 0.867 bits per heavy atom. The smallest absolute Gasteiger partial charge is 0.306 e. The number of phosphoric acid groups is 1. The van der Waals surface area contributed by atoms with Gasteiger partial charge in [0.05, 0.1) is 27.7 Å². The minimum atomic E-state index is -4.66. The fourth-order valence-corrected chi connectivity index (χ4v) is 11.9. The summed E-state index contributed by atoms with van der Waals surface area (Å²) in [5.41, 5.74) is 0. The third-order valence-corrected chi connectivity index (χ3v) is 18.3. The van der Waals surface area contributed by atoms with Crippen molar-refractivity contribution in [1.29, 1.82) is 0 Å². The van der Waals surface area contributed by atoms with E-state index in [9.17, 15) is 19.0 Å². The van der Waals surface area contributed by atoms with E-state index in [2.05, 4.69) is 160 Å². The number of hydrogen-bond donors (Lipinski definition) is 0. The van der Waals surface area contributed by atoms with Gasteiger partial charge >= 0.3 is 11.9 Å². The molecule has 0 spiro atoms. The molecule has 0 fully saturated rings. The van der Waals surface area contributed by atoms with Crippen LogP contribution in [0.25, 0.3) is 0 Å². The Balaban J connectivity index is 4.03. The number of esters is 2. The predicted molar refractivity (Wildman–Crippen MR) is 424 cm³/mol. The van der Waals surface area contributed by atoms with Gasteiger partial charge in [-0.1, -0.05) is 359 Å². The summed E-state index contributed by atoms with van der Waals surface area (Å²) in [7, 11) is 1.16. The minimum absolute atomic E-state index is 0.0375. The highest BCUT2D eigenvalue weighted by atomic mass is 31.2. The van der Waals surface area contributed by atoms with E-state index in [1.165, 1.54) is 199 Å². The molecule has 0 aliphatic carbocycles. The molecule has 0 saturated carbocycles. The topological polar surface area (TPSA) is 111 Å². The summed E-state index contributed by atoms with van der Waals surface area (Å²) in [6.45, 7) is 4.13. The lowest BCUT2D eigenvalue weighted by Gasteiger charge is -2.28. The maximum absolute atomic E-state index is 12.9. The minimum Gasteiger partial charge on any atom is -0.756 e. The van der Waals surface area contributed by atoms with Gasteiger partial charge in [0.1, 0.15) is 19.8 Å². The standard InChI is InChI=1S/C88H152NO8P/c1-6-8-10-12-14-16-18-20-22-24-26-28-30-32-34-36-38-40-42-43-44-45-47-49-51-53-55-57-59-61-63-65-67-69-71-73-75-77-79-81-88(91)97-86(85-96-98(92,93)95-83-82-89(3,4)5)84-94-87(90)80-78-76-74-72-70-68-66-64-62-60-58-56-54-52-50-48-46-41-39-37-35-33-31-29-27-25-23-21-19-17-15-13-11-9-7-2/h8,10,14,16,19-22,25-28,32,34,38,40,43-44,47,49,53,55,59,61,86H,6-7,9,11-13,15,17-18,23-24,29-31,33,35-37,39,41-42,45-46,48,50-52,54,56-58,60,62-85H2,1-5H3/b10-8-,16-14-,21-19-,22-20-,27-25-,28-26-,34-32-,40-38-,44-43-,49-47-,55-53-,61-59-. The van der Waals surface area contributed by atoms with Crippen molar-refractivity contribution < 1.29 is 42.1 Å². The quantitative estimate of drug-likeness (QED) is 0.0195. The van der Waals surface area contributed by atoms with Crippen LogP contribution in [0.1, 0.15) is 348 Å². The first kappa shape index (κ1) is 93.9. The number of likely N-dealkylation sites (N-methyl/N-ethyl adjacent to an activating group) is 1. The maximum Gasteiger partial charge on any atom is 0.306 e. The molecule has 0 aromatic carbocycles. The van der Waals surface area contributed by atoms with E-state index < -0.39 is 26.5 Å². The predicted octanol–water partition coefficient (Wildman–Crippen LogP) is 26.6. The van der Waals surface area contributed by atoms with Gasteiger partial charge in [-0.15, -0.1) is 0 Å². The first-order valence-corrected chi connectivity index (χ1v) is 42.0. The lowest BCUT2D eigenvalue weighted by atomic mass is 10.0. The van der Waals surface area contributed by atoms with E-state index in [-0.39, 0.29) is 32.0 Å². The lowest BCUT2D eigenvalue weighted by molar-refractivity contribution is -0.870. The highest BCUT2D eigenvalue weighted by Crippen LogP contribution is 2.38. The van der Waals surface area contributed by atoms with Gasteiger partial charge in [-0.05, 0) is 122 Å². The second-order valence-corrected chi connectivity index (χ2v) is 29.5. The number of phosphoric ester groups is 1. The van der Waals surface area contributed by atoms with E-state index in [1.807, 2.05) is 21.1 Å². The van der Waals surface area contributed by atoms with Gasteiger partial charge in [-0.2, -0.15) is 0 Å². The molecule has 98 heavy (non-hydrogen) atoms. The van der Waals surface area contributed by atoms with Crippen molar-refractivity contribution in [2.24, 2.45) is 0 Å². The summed E-state index contributed by atoms with van der Waals surface area (Å²) >= 11 is 0. The van der Waals surface area contributed by atoms with E-state index >= 15 is 0 Å². The normalized spacial score (nSPS) is 13.8. The van der Waals surface area contributed by atoms with Crippen molar-refractivity contribution in [1.82, 2.24) is 0 Å². The Morgan fingerprint density at radius 2 is 0.582 bits per heavy atom. The van der Waals surface area contributed by atoms with Crippen molar-refractivity contribution in [3.05, 3.63) is 146 Å². The third-order valence-electron chi connectivity index (χ3n) is 17.3. The highest BCUT2D eigenvalue weighted by molar-refractivity contribution is 7.45. The van der Waals surface area contributed by atoms with Crippen molar-refractivity contribution in [3.63, 3.8) is 0 Å². The molecule has 9 nitrogen and oxygen atoms in total. The summed E-state index contributed by atoms with van der Waals surface area (Å²) in [4.78, 5) is 38.2. The number of allylic oxidation sites excluding steroid dienone is 24. The molecule has 0 amide bonds. The van der Waals surface area contributed by atoms with Crippen LogP contribution in [-0.2, 0) is 32.7 Å². The summed E-state index contributed by atoms with van der Waals surface area (Å²) in [6, 6.07) is 0. The summed E-state index contributed by atoms with van der Waals surface area (Å²) < 4.78 is 34.4. The van der Waals surface area contributed by atoms with Gasteiger partial charge in [0, 0.05) is 12.8 Å². The van der Waals surface area contributed by atoms with E-state index in [4.69, 9.17) is 18.5 Å². The molecule has 0 aliphatic heterocycles. The van der Waals surface area contributed by atoms with Crippen LogP contribution in [0.15, 0.2) is 146 Å². The Morgan fingerprint density at radius 1 is 0.327 bits per heavy atom. The highest BCUT2D eigenvalue weighted by Gasteiger charge is 2.22. The Hall–Kier alpha value is -4.11. The van der Waals surface area contributed by atoms with Gasteiger partial charge in [0.25, 0.3) is 7.82 Å². The van der Waals surface area contributed by atoms with Crippen LogP contribution in [-0.4, -0.2) is 70.0 Å². The van der Waals surface area contributed by atoms with Gasteiger partial charge in [-0.25, -0.2) is 0 Å². The number of unbranched alkanes of at least 4 members (excludes halogenated alkanes) is 36. The van der Waals surface area contributed by atoms with Crippen molar-refractivity contribution in [2.75, 3.05) is 47.5 Å². The van der Waals surface area contributed by atoms with Crippen LogP contribution in [0, 0.1) is 0 Å². The molecular formula is C88H152NO8P. The summed E-state index contributed by atoms with van der Waals surface area (Å²) in [5.74, 6) is -0.838. The molecule has 0 aliphatic rings. The monoisotopic (exact) mass is 1380 g/mol. The van der Waals surface area contributed by atoms with E-state index in [0.29, 0.717) is 17.4 Å². The fourth-order valence-electron chi connectivity index (χ4n) is 11.2. The summed E-state index contributed by atoms with van der Waals surface area (Å²) in [5, 5.41) is 0. The van der Waals surface area contributed by atoms with E-state index in [0.717, 1.165) is 116 Å². The number of carbonyl (C=O) groups excluding carboxylic acids is 2. The van der Waals surface area contributed by atoms with Gasteiger partial charge in [0.2, 0.25) is 0 Å². The molecule has 0 saturated heterocycles. The molecule has 0 aromatic heterocycles. The molecule has 10 heteroatoms. The first-order chi connectivity index (χ1) is 48.0.